The van der Waals surface area contributed by atoms with Gasteiger partial charge in [-0.1, -0.05) is 0 Å². The number of nitrogens with zero attached hydrogens (tertiary/aromatic N) is 1. The Morgan fingerprint density at radius 2 is 1.86 bits per heavy atom. The summed E-state index contributed by atoms with van der Waals surface area (Å²) in [5, 5.41) is 0. The van der Waals surface area contributed by atoms with E-state index in [4.69, 9.17) is 22.3 Å². The molecule has 2 heterocycles. The summed E-state index contributed by atoms with van der Waals surface area (Å²) in [6.45, 7) is 8.80. The third-order valence-electron chi connectivity index (χ3n) is 3.75. The van der Waals surface area contributed by atoms with Gasteiger partial charge in [0.2, 0.25) is 0 Å². The molecule has 124 valence electrons. The van der Waals surface area contributed by atoms with E-state index in [1.807, 2.05) is 0 Å². The Morgan fingerprint density at radius 1 is 1.32 bits per heavy atom. The lowest BCUT2D eigenvalue weighted by molar-refractivity contribution is 0.00578. The first-order valence-electron chi connectivity index (χ1n) is 10.3. The van der Waals surface area contributed by atoms with E-state index in [0.29, 0.717) is 4.90 Å². The zero-order chi connectivity index (χ0) is 22.1. The summed E-state index contributed by atoms with van der Waals surface area (Å²) < 4.78 is 66.2. The van der Waals surface area contributed by atoms with E-state index in [1.165, 1.54) is 0 Å². The van der Waals surface area contributed by atoms with Crippen molar-refractivity contribution in [3.63, 3.8) is 0 Å². The SMILES string of the molecule is [2H]C1([2H])C(B2OC(C)(C)C(C)(C)O2)=CN(C(=O)OC(C)(C)C)C([2H])([2H])C1([2H])[2H]. The molecule has 0 N–H and O–H groups in total. The van der Waals surface area contributed by atoms with Crippen LogP contribution >= 0.6 is 0 Å². The maximum Gasteiger partial charge on any atom is 0.492 e. The molecule has 0 aromatic rings. The standard InChI is InChI=1S/C16H28BNO4/c1-14(2,3)20-13(19)18-10-8-9-12(11-18)17-21-15(4,5)16(6,7)22-17/h11H,8-10H2,1-7H3/i8D2,9D2,10D2. The summed E-state index contributed by atoms with van der Waals surface area (Å²) in [6, 6.07) is 0. The zero-order valence-electron chi connectivity index (χ0n) is 20.2. The van der Waals surface area contributed by atoms with Crippen molar-refractivity contribution in [3.05, 3.63) is 11.7 Å². The summed E-state index contributed by atoms with van der Waals surface area (Å²) in [7, 11) is -1.30. The van der Waals surface area contributed by atoms with Gasteiger partial charge in [-0.2, -0.15) is 0 Å². The minimum Gasteiger partial charge on any atom is -0.443 e. The van der Waals surface area contributed by atoms with Gasteiger partial charge in [0.1, 0.15) is 5.60 Å². The fourth-order valence-electron chi connectivity index (χ4n) is 1.86. The van der Waals surface area contributed by atoms with Gasteiger partial charge >= 0.3 is 13.2 Å². The molecule has 0 saturated carbocycles. The number of ether oxygens (including phenoxy) is 1. The van der Waals surface area contributed by atoms with Gasteiger partial charge in [-0.15, -0.1) is 0 Å². The van der Waals surface area contributed by atoms with Crippen LogP contribution in [0.4, 0.5) is 4.79 Å². The second-order valence-corrected chi connectivity index (χ2v) is 7.38. The normalized spacial score (nSPS) is 35.1. The van der Waals surface area contributed by atoms with Crippen LogP contribution in [0.3, 0.4) is 0 Å². The highest BCUT2D eigenvalue weighted by molar-refractivity contribution is 6.54. The van der Waals surface area contributed by atoms with Crippen LogP contribution in [0.1, 0.15) is 69.4 Å². The van der Waals surface area contributed by atoms with Gasteiger partial charge in [0.05, 0.1) is 11.2 Å². The fourth-order valence-corrected chi connectivity index (χ4v) is 1.86. The van der Waals surface area contributed by atoms with Gasteiger partial charge in [-0.25, -0.2) is 4.79 Å². The average molecular weight is 315 g/mol. The lowest BCUT2D eigenvalue weighted by Gasteiger charge is -2.32. The molecule has 1 saturated heterocycles. The van der Waals surface area contributed by atoms with Crippen molar-refractivity contribution in [2.45, 2.75) is 78.0 Å². The van der Waals surface area contributed by atoms with Crippen LogP contribution in [0.2, 0.25) is 0 Å². The summed E-state index contributed by atoms with van der Waals surface area (Å²) in [4.78, 5) is 13.0. The van der Waals surface area contributed by atoms with E-state index in [2.05, 4.69) is 0 Å². The summed E-state index contributed by atoms with van der Waals surface area (Å²) in [6.07, 6.45) is -6.14. The van der Waals surface area contributed by atoms with Crippen LogP contribution in [-0.4, -0.2) is 41.4 Å². The first-order valence-corrected chi connectivity index (χ1v) is 7.27. The van der Waals surface area contributed by atoms with Crippen LogP contribution in [0.15, 0.2) is 11.7 Å². The lowest BCUT2D eigenvalue weighted by atomic mass is 9.75. The van der Waals surface area contributed by atoms with Crippen molar-refractivity contribution >= 4 is 13.2 Å². The van der Waals surface area contributed by atoms with Crippen molar-refractivity contribution in [3.8, 4) is 0 Å². The molecule has 22 heavy (non-hydrogen) atoms. The number of hydrogen-bond acceptors (Lipinski definition) is 4. The lowest BCUT2D eigenvalue weighted by Crippen LogP contribution is -2.41. The quantitative estimate of drug-likeness (QED) is 0.695. The Hall–Kier alpha value is -1.01. The van der Waals surface area contributed by atoms with Crippen LogP contribution in [0.25, 0.3) is 0 Å². The van der Waals surface area contributed by atoms with E-state index in [1.54, 1.807) is 48.5 Å². The highest BCUT2D eigenvalue weighted by atomic mass is 16.7. The number of hydrogen-bond donors (Lipinski definition) is 0. The largest absolute Gasteiger partial charge is 0.492 e. The maximum atomic E-state index is 12.6. The Bertz CT molecular complexity index is 686. The van der Waals surface area contributed by atoms with Crippen LogP contribution < -0.4 is 0 Å². The second kappa shape index (κ2) is 5.57. The summed E-state index contributed by atoms with van der Waals surface area (Å²) >= 11 is 0. The van der Waals surface area contributed by atoms with Gasteiger partial charge in [-0.3, -0.25) is 4.90 Å². The average Bonchev–Trinajstić information content (AvgIpc) is 2.63. The van der Waals surface area contributed by atoms with Crippen molar-refractivity contribution in [1.82, 2.24) is 4.90 Å². The monoisotopic (exact) mass is 315 g/mol. The molecule has 0 bridgehead atoms. The Balaban J connectivity index is 2.58. The molecule has 5 nitrogen and oxygen atoms in total. The molecule has 0 aliphatic carbocycles. The molecular formula is C16H28BNO4. The van der Waals surface area contributed by atoms with Crippen LogP contribution in [-0.2, 0) is 14.0 Å². The van der Waals surface area contributed by atoms with Gasteiger partial charge in [-0.05, 0) is 66.7 Å². The topological polar surface area (TPSA) is 48.0 Å². The molecule has 2 aliphatic rings. The fraction of sp³-hybridized carbons (Fsp3) is 0.812. The van der Waals surface area contributed by atoms with Gasteiger partial charge in [0.15, 0.2) is 0 Å². The predicted molar refractivity (Wildman–Crippen MR) is 86.3 cm³/mol. The molecule has 2 aliphatic heterocycles. The number of carbonyl (C=O) groups excluding carboxylic acids is 1. The summed E-state index contributed by atoms with van der Waals surface area (Å²) in [5.41, 5.74) is -2.92. The number of rotatable bonds is 1. The van der Waals surface area contributed by atoms with Gasteiger partial charge in [0, 0.05) is 20.9 Å². The van der Waals surface area contributed by atoms with Crippen molar-refractivity contribution in [2.24, 2.45) is 0 Å². The minimum absolute atomic E-state index is 0.322. The Kier molecular flexibility index (Phi) is 2.71. The van der Waals surface area contributed by atoms with E-state index >= 15 is 0 Å². The molecule has 0 atom stereocenters. The van der Waals surface area contributed by atoms with Crippen LogP contribution in [0.5, 0.6) is 0 Å². The van der Waals surface area contributed by atoms with Gasteiger partial charge in [0.25, 0.3) is 0 Å². The molecule has 1 fully saturated rings. The van der Waals surface area contributed by atoms with Crippen molar-refractivity contribution in [1.29, 1.82) is 0 Å². The first-order chi connectivity index (χ1) is 12.2. The molecule has 0 aromatic carbocycles. The van der Waals surface area contributed by atoms with Crippen LogP contribution in [0, 0.1) is 0 Å². The zero-order valence-corrected chi connectivity index (χ0v) is 14.2. The van der Waals surface area contributed by atoms with E-state index in [-0.39, 0.29) is 5.47 Å². The third-order valence-corrected chi connectivity index (χ3v) is 3.75. The molecule has 1 amide bonds. The second-order valence-electron chi connectivity index (χ2n) is 7.38. The highest BCUT2D eigenvalue weighted by Gasteiger charge is 2.52. The van der Waals surface area contributed by atoms with E-state index < -0.39 is 49.3 Å². The molecule has 0 radical (unpaired) electrons. The van der Waals surface area contributed by atoms with Crippen molar-refractivity contribution < 1.29 is 27.1 Å². The van der Waals surface area contributed by atoms with Gasteiger partial charge < -0.3 is 14.0 Å². The molecule has 6 heteroatoms. The van der Waals surface area contributed by atoms with E-state index in [0.717, 1.165) is 6.20 Å². The summed E-state index contributed by atoms with van der Waals surface area (Å²) in [5.74, 6) is 0. The highest BCUT2D eigenvalue weighted by Crippen LogP contribution is 2.39. The molecule has 0 aromatic heterocycles. The molecule has 0 unspecified atom stereocenters. The van der Waals surface area contributed by atoms with E-state index in [9.17, 15) is 4.79 Å². The minimum atomic E-state index is -3.11. The molecule has 0 spiro atoms. The number of carbonyl (C=O) groups is 1. The smallest absolute Gasteiger partial charge is 0.443 e. The first kappa shape index (κ1) is 10.7. The predicted octanol–water partition coefficient (Wildman–Crippen LogP) is 3.53. The van der Waals surface area contributed by atoms with Crippen molar-refractivity contribution in [2.75, 3.05) is 6.50 Å². The maximum absolute atomic E-state index is 12.6. The Labute approximate surface area is 142 Å². The molecular weight excluding hydrogens is 281 g/mol. The number of allylic oxidation sites excluding steroid dienone is 1. The number of amides is 1. The Morgan fingerprint density at radius 3 is 2.36 bits per heavy atom. The molecule has 2 rings (SSSR count). The third kappa shape index (κ3) is 3.66.